The summed E-state index contributed by atoms with van der Waals surface area (Å²) < 4.78 is 0. The summed E-state index contributed by atoms with van der Waals surface area (Å²) in [4.78, 5) is 19.5. The van der Waals surface area contributed by atoms with Crippen LogP contribution in [-0.4, -0.2) is 36.9 Å². The fourth-order valence-corrected chi connectivity index (χ4v) is 5.30. The van der Waals surface area contributed by atoms with Crippen LogP contribution in [0.4, 0.5) is 17.6 Å². The number of aromatic amines is 2. The highest BCUT2D eigenvalue weighted by molar-refractivity contribution is 5.53. The lowest BCUT2D eigenvalue weighted by atomic mass is 9.60. The molecule has 0 aromatic carbocycles. The second-order valence-corrected chi connectivity index (χ2v) is 8.88. The Morgan fingerprint density at radius 1 is 1.29 bits per heavy atom. The van der Waals surface area contributed by atoms with Crippen LogP contribution in [0.25, 0.3) is 0 Å². The molecule has 152 valence electrons. The molecule has 4 rings (SSSR count). The molecule has 0 aliphatic heterocycles. The van der Waals surface area contributed by atoms with Crippen molar-refractivity contribution in [3.63, 3.8) is 0 Å². The molecule has 8 heteroatoms. The number of hydrogen-bond acceptors (Lipinski definition) is 6. The molecule has 2 aromatic rings. The van der Waals surface area contributed by atoms with E-state index in [0.29, 0.717) is 35.3 Å². The summed E-state index contributed by atoms with van der Waals surface area (Å²) >= 11 is 0. The predicted molar refractivity (Wildman–Crippen MR) is 109 cm³/mol. The van der Waals surface area contributed by atoms with E-state index in [1.807, 2.05) is 19.9 Å². The van der Waals surface area contributed by atoms with Crippen LogP contribution in [0.1, 0.15) is 51.6 Å². The van der Waals surface area contributed by atoms with Gasteiger partial charge >= 0.3 is 0 Å². The van der Waals surface area contributed by atoms with E-state index < -0.39 is 5.60 Å². The van der Waals surface area contributed by atoms with Gasteiger partial charge in [0.1, 0.15) is 5.82 Å². The minimum Gasteiger partial charge on any atom is -0.390 e. The SMILES string of the molecule is CCC1CC2CC(CC(C)(O)C2)C1Nc1nc(Nc2cc(C)[nH]n2)cc(=O)[nH]1. The zero-order valence-corrected chi connectivity index (χ0v) is 16.7. The first kappa shape index (κ1) is 19.0. The minimum absolute atomic E-state index is 0.194. The van der Waals surface area contributed by atoms with Crippen LogP contribution in [-0.2, 0) is 0 Å². The number of aryl methyl sites for hydroxylation is 1. The second kappa shape index (κ2) is 7.24. The third-order valence-corrected chi connectivity index (χ3v) is 6.25. The van der Waals surface area contributed by atoms with E-state index in [2.05, 4.69) is 37.7 Å². The van der Waals surface area contributed by atoms with Crippen LogP contribution in [0.2, 0.25) is 0 Å². The van der Waals surface area contributed by atoms with E-state index in [1.54, 1.807) is 0 Å². The molecule has 2 aliphatic rings. The van der Waals surface area contributed by atoms with Crippen molar-refractivity contribution < 1.29 is 5.11 Å². The van der Waals surface area contributed by atoms with Gasteiger partial charge in [0, 0.05) is 23.9 Å². The van der Waals surface area contributed by atoms with Gasteiger partial charge in [-0.25, -0.2) is 0 Å². The van der Waals surface area contributed by atoms with E-state index in [9.17, 15) is 9.90 Å². The van der Waals surface area contributed by atoms with Gasteiger partial charge in [-0.05, 0) is 57.3 Å². The maximum absolute atomic E-state index is 12.2. The number of hydrogen-bond donors (Lipinski definition) is 5. The Labute approximate surface area is 164 Å². The summed E-state index contributed by atoms with van der Waals surface area (Å²) in [6.07, 6.45) is 4.98. The van der Waals surface area contributed by atoms with Crippen molar-refractivity contribution in [1.29, 1.82) is 0 Å². The van der Waals surface area contributed by atoms with Crippen molar-refractivity contribution in [2.24, 2.45) is 17.8 Å². The summed E-state index contributed by atoms with van der Waals surface area (Å²) in [5, 5.41) is 24.2. The maximum Gasteiger partial charge on any atom is 0.254 e. The Morgan fingerprint density at radius 2 is 2.11 bits per heavy atom. The summed E-state index contributed by atoms with van der Waals surface area (Å²) in [5.41, 5.74) is 0.107. The number of aromatic nitrogens is 4. The highest BCUT2D eigenvalue weighted by Gasteiger charge is 2.45. The van der Waals surface area contributed by atoms with Crippen LogP contribution in [0.5, 0.6) is 0 Å². The highest BCUT2D eigenvalue weighted by atomic mass is 16.3. The number of rotatable bonds is 5. The highest BCUT2D eigenvalue weighted by Crippen LogP contribution is 2.48. The monoisotopic (exact) mass is 386 g/mol. The summed E-state index contributed by atoms with van der Waals surface area (Å²) in [6, 6.07) is 3.47. The van der Waals surface area contributed by atoms with Crippen molar-refractivity contribution >= 4 is 17.6 Å². The van der Waals surface area contributed by atoms with Gasteiger partial charge in [0.2, 0.25) is 5.95 Å². The Morgan fingerprint density at radius 3 is 2.82 bits per heavy atom. The summed E-state index contributed by atoms with van der Waals surface area (Å²) in [6.45, 7) is 6.08. The lowest BCUT2D eigenvalue weighted by Gasteiger charge is -2.50. The first-order chi connectivity index (χ1) is 13.3. The van der Waals surface area contributed by atoms with E-state index in [4.69, 9.17) is 0 Å². The van der Waals surface area contributed by atoms with E-state index >= 15 is 0 Å². The van der Waals surface area contributed by atoms with Crippen molar-refractivity contribution in [2.45, 2.75) is 64.5 Å². The fourth-order valence-electron chi connectivity index (χ4n) is 5.30. The second-order valence-electron chi connectivity index (χ2n) is 8.88. The smallest absolute Gasteiger partial charge is 0.254 e. The Bertz CT molecular complexity index is 889. The number of anilines is 3. The number of H-pyrrole nitrogens is 2. The lowest BCUT2D eigenvalue weighted by Crippen LogP contribution is -2.50. The number of nitrogens with one attached hydrogen (secondary N) is 4. The van der Waals surface area contributed by atoms with Crippen LogP contribution in [0.3, 0.4) is 0 Å². The van der Waals surface area contributed by atoms with Gasteiger partial charge in [-0.1, -0.05) is 13.3 Å². The number of nitrogens with zero attached hydrogens (tertiary/aromatic N) is 2. The molecule has 0 amide bonds. The van der Waals surface area contributed by atoms with Crippen LogP contribution >= 0.6 is 0 Å². The van der Waals surface area contributed by atoms with Crippen LogP contribution in [0.15, 0.2) is 16.9 Å². The molecular weight excluding hydrogens is 356 g/mol. The van der Waals surface area contributed by atoms with Gasteiger partial charge in [0.25, 0.3) is 5.56 Å². The molecule has 0 radical (unpaired) electrons. The van der Waals surface area contributed by atoms with Gasteiger partial charge in [-0.3, -0.25) is 14.9 Å². The molecule has 2 saturated carbocycles. The van der Waals surface area contributed by atoms with Gasteiger partial charge in [0.15, 0.2) is 5.82 Å². The van der Waals surface area contributed by atoms with Gasteiger partial charge < -0.3 is 15.7 Å². The molecule has 0 saturated heterocycles. The normalized spacial score (nSPS) is 32.1. The summed E-state index contributed by atoms with van der Waals surface area (Å²) in [5.74, 6) is 3.01. The Balaban J connectivity index is 1.56. The van der Waals surface area contributed by atoms with E-state index in [1.165, 1.54) is 6.07 Å². The van der Waals surface area contributed by atoms with Crippen molar-refractivity contribution in [2.75, 3.05) is 10.6 Å². The van der Waals surface area contributed by atoms with E-state index in [0.717, 1.165) is 37.8 Å². The first-order valence-electron chi connectivity index (χ1n) is 10.2. The van der Waals surface area contributed by atoms with Crippen LogP contribution < -0.4 is 16.2 Å². The standard InChI is InChI=1S/C20H30N6O2/c1-4-13-6-12-7-14(10-20(3,28)9-12)18(13)24-19-22-15(8-17(27)23-19)21-16-5-11(2)25-26-16/h5,8,12-14,18,28H,4,6-7,9-10H2,1-3H3,(H4,21,22,23,24,25,26,27). The summed E-state index contributed by atoms with van der Waals surface area (Å²) in [7, 11) is 0. The topological polar surface area (TPSA) is 119 Å². The van der Waals surface area contributed by atoms with Gasteiger partial charge in [0.05, 0.1) is 5.60 Å². The third kappa shape index (κ3) is 4.06. The van der Waals surface area contributed by atoms with Crippen molar-refractivity contribution in [3.05, 3.63) is 28.2 Å². The van der Waals surface area contributed by atoms with Crippen LogP contribution in [0, 0.1) is 24.7 Å². The first-order valence-corrected chi connectivity index (χ1v) is 10.2. The molecule has 28 heavy (non-hydrogen) atoms. The average molecular weight is 387 g/mol. The lowest BCUT2D eigenvalue weighted by molar-refractivity contribution is -0.0524. The quantitative estimate of drug-likeness (QED) is 0.539. The molecule has 2 aliphatic carbocycles. The molecule has 2 fully saturated rings. The molecule has 0 spiro atoms. The van der Waals surface area contributed by atoms with E-state index in [-0.39, 0.29) is 11.6 Å². The Kier molecular flexibility index (Phi) is 4.91. The molecular formula is C20H30N6O2. The molecule has 2 bridgehead atoms. The zero-order valence-electron chi connectivity index (χ0n) is 16.7. The molecule has 5 atom stereocenters. The average Bonchev–Trinajstić information content (AvgIpc) is 3.00. The third-order valence-electron chi connectivity index (χ3n) is 6.25. The maximum atomic E-state index is 12.2. The fraction of sp³-hybridized carbons (Fsp3) is 0.650. The Hall–Kier alpha value is -2.35. The molecule has 5 unspecified atom stereocenters. The minimum atomic E-state index is -0.603. The number of fused-ring (bicyclic) bond motifs is 2. The van der Waals surface area contributed by atoms with Crippen molar-refractivity contribution in [1.82, 2.24) is 20.2 Å². The van der Waals surface area contributed by atoms with Gasteiger partial charge in [-0.2, -0.15) is 10.1 Å². The molecule has 2 heterocycles. The molecule has 5 N–H and O–H groups in total. The van der Waals surface area contributed by atoms with Crippen molar-refractivity contribution in [3.8, 4) is 0 Å². The molecule has 2 aromatic heterocycles. The zero-order chi connectivity index (χ0) is 19.9. The number of aliphatic hydroxyl groups is 1. The van der Waals surface area contributed by atoms with Gasteiger partial charge in [-0.15, -0.1) is 0 Å². The molecule has 8 nitrogen and oxygen atoms in total. The predicted octanol–water partition coefficient (Wildman–Crippen LogP) is 2.92. The largest absolute Gasteiger partial charge is 0.390 e.